The zero-order valence-electron chi connectivity index (χ0n) is 13.2. The molecule has 2 nitrogen and oxygen atoms in total. The number of carbonyl (C=O) groups is 1. The van der Waals surface area contributed by atoms with Crippen molar-refractivity contribution in [3.8, 4) is 0 Å². The van der Waals surface area contributed by atoms with Gasteiger partial charge in [-0.1, -0.05) is 24.3 Å². The van der Waals surface area contributed by atoms with E-state index in [1.165, 1.54) is 12.1 Å². The number of rotatable bonds is 3. The number of ether oxygens (including phenoxy) is 1. The van der Waals surface area contributed by atoms with Crippen LogP contribution < -0.4 is 0 Å². The fourth-order valence-corrected chi connectivity index (χ4v) is 2.80. The summed E-state index contributed by atoms with van der Waals surface area (Å²) in [5.74, 6) is -0.478. The molecule has 0 saturated carbocycles. The summed E-state index contributed by atoms with van der Waals surface area (Å²) in [5, 5.41) is 0. The molecule has 0 aliphatic heterocycles. The van der Waals surface area contributed by atoms with E-state index in [0.29, 0.717) is 36.0 Å². The van der Waals surface area contributed by atoms with Crippen molar-refractivity contribution in [3.63, 3.8) is 0 Å². The molecule has 1 aliphatic rings. The Labute approximate surface area is 133 Å². The van der Waals surface area contributed by atoms with Gasteiger partial charge in [0.15, 0.2) is 0 Å². The highest BCUT2D eigenvalue weighted by Gasteiger charge is 2.34. The molecule has 124 valence electrons. The number of benzene rings is 1. The van der Waals surface area contributed by atoms with Gasteiger partial charge in [-0.05, 0) is 55.9 Å². The lowest BCUT2D eigenvalue weighted by molar-refractivity contribution is -0.138. The maximum absolute atomic E-state index is 13.3. The average molecular weight is 324 g/mol. The average Bonchev–Trinajstić information content (AvgIpc) is 2.68. The predicted octanol–water partition coefficient (Wildman–Crippen LogP) is 5.15. The van der Waals surface area contributed by atoms with Crippen LogP contribution in [0.2, 0.25) is 0 Å². The number of alkyl halides is 3. The van der Waals surface area contributed by atoms with Crippen molar-refractivity contribution >= 4 is 11.5 Å². The van der Waals surface area contributed by atoms with Gasteiger partial charge in [0.05, 0.1) is 17.7 Å². The zero-order chi connectivity index (χ0) is 17.0. The van der Waals surface area contributed by atoms with Crippen LogP contribution in [0.1, 0.15) is 44.2 Å². The first kappa shape index (κ1) is 17.3. The van der Waals surface area contributed by atoms with Crippen molar-refractivity contribution in [2.75, 3.05) is 6.61 Å². The highest BCUT2D eigenvalue weighted by Crippen LogP contribution is 2.39. The lowest BCUT2D eigenvalue weighted by atomic mass is 9.91. The van der Waals surface area contributed by atoms with Crippen LogP contribution in [0.25, 0.3) is 5.57 Å². The van der Waals surface area contributed by atoms with Gasteiger partial charge >= 0.3 is 12.1 Å². The van der Waals surface area contributed by atoms with Crippen molar-refractivity contribution < 1.29 is 22.7 Å². The van der Waals surface area contributed by atoms with E-state index in [4.69, 9.17) is 4.74 Å². The van der Waals surface area contributed by atoms with Gasteiger partial charge in [0.2, 0.25) is 0 Å². The molecular formula is C18H19F3O2. The van der Waals surface area contributed by atoms with Crippen molar-refractivity contribution in [3.05, 3.63) is 52.6 Å². The summed E-state index contributed by atoms with van der Waals surface area (Å²) in [7, 11) is 0. The minimum absolute atomic E-state index is 0.148. The molecular weight excluding hydrogens is 305 g/mol. The van der Waals surface area contributed by atoms with Crippen LogP contribution in [0.5, 0.6) is 0 Å². The summed E-state index contributed by atoms with van der Waals surface area (Å²) in [4.78, 5) is 12.1. The summed E-state index contributed by atoms with van der Waals surface area (Å²) >= 11 is 0. The SMILES string of the molecule is CCOC(=O)C1=CCCCC(c2ccccc2C(F)(F)F)=C1C. The third-order valence-electron chi connectivity index (χ3n) is 3.89. The second-order valence-electron chi connectivity index (χ2n) is 5.38. The number of carbonyl (C=O) groups excluding carboxylic acids is 1. The smallest absolute Gasteiger partial charge is 0.416 e. The molecule has 0 unspecified atom stereocenters. The molecule has 0 fully saturated rings. The summed E-state index contributed by atoms with van der Waals surface area (Å²) < 4.78 is 44.9. The van der Waals surface area contributed by atoms with Gasteiger partial charge < -0.3 is 4.74 Å². The van der Waals surface area contributed by atoms with Gasteiger partial charge in [-0.25, -0.2) is 4.79 Å². The van der Waals surface area contributed by atoms with Crippen LogP contribution >= 0.6 is 0 Å². The normalized spacial score (nSPS) is 16.0. The Morgan fingerprint density at radius 3 is 2.61 bits per heavy atom. The topological polar surface area (TPSA) is 26.3 Å². The van der Waals surface area contributed by atoms with E-state index in [0.717, 1.165) is 6.07 Å². The predicted molar refractivity (Wildman–Crippen MR) is 82.6 cm³/mol. The van der Waals surface area contributed by atoms with E-state index in [2.05, 4.69) is 0 Å². The van der Waals surface area contributed by atoms with Crippen molar-refractivity contribution in [1.29, 1.82) is 0 Å². The fraction of sp³-hybridized carbons (Fsp3) is 0.389. The van der Waals surface area contributed by atoms with E-state index in [1.807, 2.05) is 0 Å². The van der Waals surface area contributed by atoms with Crippen molar-refractivity contribution in [2.24, 2.45) is 0 Å². The minimum atomic E-state index is -4.43. The second-order valence-corrected chi connectivity index (χ2v) is 5.38. The summed E-state index contributed by atoms with van der Waals surface area (Å²) in [5.41, 5.74) is 0.984. The monoisotopic (exact) mass is 324 g/mol. The van der Waals surface area contributed by atoms with Crippen molar-refractivity contribution in [2.45, 2.75) is 39.3 Å². The molecule has 0 amide bonds. The van der Waals surface area contributed by atoms with Crippen LogP contribution in [0, 0.1) is 0 Å². The highest BCUT2D eigenvalue weighted by molar-refractivity contribution is 5.97. The van der Waals surface area contributed by atoms with Gasteiger partial charge in [-0.3, -0.25) is 0 Å². The van der Waals surface area contributed by atoms with E-state index >= 15 is 0 Å². The minimum Gasteiger partial charge on any atom is -0.462 e. The first-order chi connectivity index (χ1) is 10.9. The summed E-state index contributed by atoms with van der Waals surface area (Å²) in [6, 6.07) is 5.51. The molecule has 23 heavy (non-hydrogen) atoms. The Balaban J connectivity index is 2.56. The largest absolute Gasteiger partial charge is 0.462 e. The number of hydrogen-bond donors (Lipinski definition) is 0. The molecule has 1 aliphatic carbocycles. The van der Waals surface area contributed by atoms with E-state index in [9.17, 15) is 18.0 Å². The zero-order valence-corrected chi connectivity index (χ0v) is 13.2. The maximum Gasteiger partial charge on any atom is 0.416 e. The molecule has 0 N–H and O–H groups in total. The Hall–Kier alpha value is -2.04. The van der Waals surface area contributed by atoms with Crippen LogP contribution in [-0.2, 0) is 15.7 Å². The Morgan fingerprint density at radius 2 is 1.96 bits per heavy atom. The molecule has 1 aromatic carbocycles. The van der Waals surface area contributed by atoms with Gasteiger partial charge in [-0.15, -0.1) is 0 Å². The number of halogens is 3. The number of allylic oxidation sites excluding steroid dienone is 2. The lowest BCUT2D eigenvalue weighted by Gasteiger charge is -2.17. The van der Waals surface area contributed by atoms with Crippen LogP contribution in [0.15, 0.2) is 41.5 Å². The molecule has 0 spiro atoms. The van der Waals surface area contributed by atoms with Gasteiger partial charge in [0.25, 0.3) is 0 Å². The van der Waals surface area contributed by atoms with E-state index < -0.39 is 17.7 Å². The summed E-state index contributed by atoms with van der Waals surface area (Å²) in [6.45, 7) is 3.63. The molecule has 2 rings (SSSR count). The lowest BCUT2D eigenvalue weighted by Crippen LogP contribution is -2.11. The third-order valence-corrected chi connectivity index (χ3v) is 3.89. The first-order valence-corrected chi connectivity index (χ1v) is 7.60. The Bertz CT molecular complexity index is 654. The van der Waals surface area contributed by atoms with Crippen LogP contribution in [-0.4, -0.2) is 12.6 Å². The van der Waals surface area contributed by atoms with Crippen LogP contribution in [0.4, 0.5) is 13.2 Å². The standard InChI is InChI=1S/C18H19F3O2/c1-3-23-17(22)14-9-5-4-8-13(12(14)2)15-10-6-7-11-16(15)18(19,20)21/h6-7,9-11H,3-5,8H2,1-2H3. The molecule has 0 radical (unpaired) electrons. The third kappa shape index (κ3) is 3.84. The fourth-order valence-electron chi connectivity index (χ4n) is 2.80. The second kappa shape index (κ2) is 7.02. The van der Waals surface area contributed by atoms with Gasteiger partial charge in [0, 0.05) is 0 Å². The van der Waals surface area contributed by atoms with Crippen LogP contribution in [0.3, 0.4) is 0 Å². The van der Waals surface area contributed by atoms with Gasteiger partial charge in [0.1, 0.15) is 0 Å². The molecule has 1 aromatic rings. The molecule has 0 bridgehead atoms. The van der Waals surface area contributed by atoms with Gasteiger partial charge in [-0.2, -0.15) is 13.2 Å². The molecule has 5 heteroatoms. The summed E-state index contributed by atoms with van der Waals surface area (Å²) in [6.07, 6.45) is -0.830. The van der Waals surface area contributed by atoms with E-state index in [-0.39, 0.29) is 12.2 Å². The number of esters is 1. The quantitative estimate of drug-likeness (QED) is 0.719. The first-order valence-electron chi connectivity index (χ1n) is 7.60. The number of hydrogen-bond acceptors (Lipinski definition) is 2. The molecule has 0 atom stereocenters. The van der Waals surface area contributed by atoms with Crippen molar-refractivity contribution in [1.82, 2.24) is 0 Å². The Morgan fingerprint density at radius 1 is 1.26 bits per heavy atom. The maximum atomic E-state index is 13.3. The molecule has 0 heterocycles. The van der Waals surface area contributed by atoms with E-state index in [1.54, 1.807) is 26.0 Å². The molecule has 0 aromatic heterocycles. The molecule has 0 saturated heterocycles. The Kier molecular flexibility index (Phi) is 5.29. The highest BCUT2D eigenvalue weighted by atomic mass is 19.4.